The summed E-state index contributed by atoms with van der Waals surface area (Å²) in [6.45, 7) is 3.06. The van der Waals surface area contributed by atoms with Crippen LogP contribution in [0.15, 0.2) is 0 Å². The maximum atomic E-state index is 11.3. The summed E-state index contributed by atoms with van der Waals surface area (Å²) in [4.78, 5) is 13.6. The third kappa shape index (κ3) is 2.81. The highest BCUT2D eigenvalue weighted by Gasteiger charge is 2.38. The van der Waals surface area contributed by atoms with E-state index in [1.807, 2.05) is 0 Å². The van der Waals surface area contributed by atoms with Crippen molar-refractivity contribution in [2.75, 3.05) is 32.9 Å². The monoisotopic (exact) mass is 227 g/mol. The van der Waals surface area contributed by atoms with Crippen molar-refractivity contribution in [1.82, 2.24) is 4.90 Å². The molecule has 0 atom stereocenters. The molecule has 4 nitrogen and oxygen atoms in total. The van der Waals surface area contributed by atoms with Crippen molar-refractivity contribution in [1.29, 1.82) is 0 Å². The predicted octanol–water partition coefficient (Wildman–Crippen LogP) is 0.439. The number of aliphatic hydroxyl groups is 1. The van der Waals surface area contributed by atoms with Gasteiger partial charge in [-0.15, -0.1) is 0 Å². The Kier molecular flexibility index (Phi) is 3.95. The molecule has 1 aliphatic carbocycles. The molecule has 1 N–H and O–H groups in total. The first kappa shape index (κ1) is 12.0. The largest absolute Gasteiger partial charge is 0.395 e. The maximum Gasteiger partial charge on any atom is 0.127 e. The van der Waals surface area contributed by atoms with E-state index in [1.165, 1.54) is 12.8 Å². The molecule has 0 aromatic rings. The number of nitrogens with zero attached hydrogens (tertiary/aromatic N) is 1. The van der Waals surface area contributed by atoms with E-state index in [2.05, 4.69) is 4.90 Å². The van der Waals surface area contributed by atoms with Crippen LogP contribution in [0.1, 0.15) is 25.7 Å². The minimum atomic E-state index is -0.226. The summed E-state index contributed by atoms with van der Waals surface area (Å²) >= 11 is 0. The summed E-state index contributed by atoms with van der Waals surface area (Å²) < 4.78 is 5.32. The highest BCUT2D eigenvalue weighted by atomic mass is 16.5. The smallest absolute Gasteiger partial charge is 0.127 e. The van der Waals surface area contributed by atoms with E-state index in [0.717, 1.165) is 25.7 Å². The number of hydrogen-bond acceptors (Lipinski definition) is 4. The van der Waals surface area contributed by atoms with Gasteiger partial charge in [0.2, 0.25) is 0 Å². The number of carbonyl (C=O) groups excluding carboxylic acids is 1. The van der Waals surface area contributed by atoms with Crippen LogP contribution in [-0.2, 0) is 9.53 Å². The van der Waals surface area contributed by atoms with Crippen LogP contribution in [0.2, 0.25) is 0 Å². The van der Waals surface area contributed by atoms with E-state index in [1.54, 1.807) is 0 Å². The van der Waals surface area contributed by atoms with Gasteiger partial charge in [-0.2, -0.15) is 0 Å². The lowest BCUT2D eigenvalue weighted by molar-refractivity contribution is -0.123. The fourth-order valence-corrected chi connectivity index (χ4v) is 2.45. The summed E-state index contributed by atoms with van der Waals surface area (Å²) in [6, 6.07) is 0.604. The second-order valence-electron chi connectivity index (χ2n) is 5.02. The van der Waals surface area contributed by atoms with Crippen LogP contribution in [-0.4, -0.2) is 55.2 Å². The lowest BCUT2D eigenvalue weighted by Gasteiger charge is -2.36. The quantitative estimate of drug-likeness (QED) is 0.669. The molecule has 2 fully saturated rings. The van der Waals surface area contributed by atoms with E-state index in [4.69, 9.17) is 9.84 Å². The van der Waals surface area contributed by atoms with Gasteiger partial charge in [-0.1, -0.05) is 0 Å². The van der Waals surface area contributed by atoms with Crippen LogP contribution in [0, 0.1) is 5.41 Å². The molecule has 1 aliphatic heterocycles. The summed E-state index contributed by atoms with van der Waals surface area (Å²) in [7, 11) is 0. The van der Waals surface area contributed by atoms with E-state index >= 15 is 0 Å². The first-order chi connectivity index (χ1) is 7.79. The molecule has 0 radical (unpaired) electrons. The SMILES string of the molecule is O=CC1(CN(CCO)C2CC2)CCOCC1. The maximum absolute atomic E-state index is 11.3. The summed E-state index contributed by atoms with van der Waals surface area (Å²) in [6.07, 6.45) is 5.19. The fraction of sp³-hybridized carbons (Fsp3) is 0.917. The molecule has 0 unspecified atom stereocenters. The van der Waals surface area contributed by atoms with Crippen molar-refractivity contribution >= 4 is 6.29 Å². The Balaban J connectivity index is 1.94. The van der Waals surface area contributed by atoms with Gasteiger partial charge >= 0.3 is 0 Å². The number of aldehydes is 1. The third-order valence-electron chi connectivity index (χ3n) is 3.71. The van der Waals surface area contributed by atoms with E-state index in [9.17, 15) is 4.79 Å². The number of hydrogen-bond donors (Lipinski definition) is 1. The molecular formula is C12H21NO3. The highest BCUT2D eigenvalue weighted by molar-refractivity contribution is 5.60. The normalized spacial score (nSPS) is 24.6. The van der Waals surface area contributed by atoms with Gasteiger partial charge in [0.15, 0.2) is 0 Å². The van der Waals surface area contributed by atoms with Gasteiger partial charge in [0.05, 0.1) is 6.61 Å². The first-order valence-corrected chi connectivity index (χ1v) is 6.19. The van der Waals surface area contributed by atoms with Crippen molar-refractivity contribution in [2.24, 2.45) is 5.41 Å². The lowest BCUT2D eigenvalue weighted by atomic mass is 9.81. The molecule has 1 heterocycles. The molecule has 2 aliphatic rings. The molecule has 2 rings (SSSR count). The fourth-order valence-electron chi connectivity index (χ4n) is 2.45. The Morgan fingerprint density at radius 2 is 2.06 bits per heavy atom. The van der Waals surface area contributed by atoms with Crippen molar-refractivity contribution in [3.05, 3.63) is 0 Å². The Morgan fingerprint density at radius 3 is 2.56 bits per heavy atom. The molecule has 0 bridgehead atoms. The van der Waals surface area contributed by atoms with E-state index in [-0.39, 0.29) is 12.0 Å². The molecule has 0 aromatic carbocycles. The highest BCUT2D eigenvalue weighted by Crippen LogP contribution is 2.34. The predicted molar refractivity (Wildman–Crippen MR) is 60.2 cm³/mol. The molecular weight excluding hydrogens is 206 g/mol. The van der Waals surface area contributed by atoms with Crippen LogP contribution in [0.3, 0.4) is 0 Å². The van der Waals surface area contributed by atoms with Gasteiger partial charge in [-0.3, -0.25) is 4.90 Å². The Hall–Kier alpha value is -0.450. The topological polar surface area (TPSA) is 49.8 Å². The first-order valence-electron chi connectivity index (χ1n) is 6.19. The molecule has 16 heavy (non-hydrogen) atoms. The minimum absolute atomic E-state index is 0.182. The Morgan fingerprint density at radius 1 is 1.38 bits per heavy atom. The average molecular weight is 227 g/mol. The zero-order chi connectivity index (χ0) is 11.4. The number of carbonyl (C=O) groups is 1. The molecule has 0 spiro atoms. The van der Waals surface area contributed by atoms with Gasteiger partial charge in [0.1, 0.15) is 6.29 Å². The van der Waals surface area contributed by atoms with Crippen LogP contribution in [0.5, 0.6) is 0 Å². The van der Waals surface area contributed by atoms with Gasteiger partial charge in [0, 0.05) is 37.8 Å². The molecule has 1 saturated heterocycles. The Bertz CT molecular complexity index is 234. The molecule has 0 aromatic heterocycles. The second-order valence-corrected chi connectivity index (χ2v) is 5.02. The van der Waals surface area contributed by atoms with Crippen LogP contribution < -0.4 is 0 Å². The van der Waals surface area contributed by atoms with Gasteiger partial charge < -0.3 is 14.6 Å². The summed E-state index contributed by atoms with van der Waals surface area (Å²) in [5.41, 5.74) is -0.226. The van der Waals surface area contributed by atoms with Gasteiger partial charge in [-0.05, 0) is 25.7 Å². The van der Waals surface area contributed by atoms with E-state index < -0.39 is 0 Å². The summed E-state index contributed by atoms with van der Waals surface area (Å²) in [5, 5.41) is 9.04. The zero-order valence-corrected chi connectivity index (χ0v) is 9.73. The molecule has 0 amide bonds. The standard InChI is InChI=1S/C12H21NO3/c14-6-5-13(11-1-2-11)9-12(10-15)3-7-16-8-4-12/h10-11,14H,1-9H2. The van der Waals surface area contributed by atoms with Gasteiger partial charge in [-0.25, -0.2) is 0 Å². The van der Waals surface area contributed by atoms with Crippen molar-refractivity contribution in [3.8, 4) is 0 Å². The van der Waals surface area contributed by atoms with Crippen LogP contribution in [0.25, 0.3) is 0 Å². The number of rotatable bonds is 6. The molecule has 4 heteroatoms. The second kappa shape index (κ2) is 5.25. The summed E-state index contributed by atoms with van der Waals surface area (Å²) in [5.74, 6) is 0. The lowest BCUT2D eigenvalue weighted by Crippen LogP contribution is -2.44. The Labute approximate surface area is 96.6 Å². The van der Waals surface area contributed by atoms with Crippen molar-refractivity contribution in [3.63, 3.8) is 0 Å². The number of aliphatic hydroxyl groups excluding tert-OH is 1. The van der Waals surface area contributed by atoms with Crippen molar-refractivity contribution < 1.29 is 14.6 Å². The van der Waals surface area contributed by atoms with Crippen LogP contribution in [0.4, 0.5) is 0 Å². The van der Waals surface area contributed by atoms with E-state index in [0.29, 0.717) is 25.8 Å². The van der Waals surface area contributed by atoms with Crippen molar-refractivity contribution in [2.45, 2.75) is 31.7 Å². The third-order valence-corrected chi connectivity index (χ3v) is 3.71. The zero-order valence-electron chi connectivity index (χ0n) is 9.73. The van der Waals surface area contributed by atoms with Crippen LogP contribution >= 0.6 is 0 Å². The molecule has 92 valence electrons. The molecule has 1 saturated carbocycles. The number of ether oxygens (including phenoxy) is 1. The minimum Gasteiger partial charge on any atom is -0.395 e. The average Bonchev–Trinajstić information content (AvgIpc) is 3.14. The van der Waals surface area contributed by atoms with Gasteiger partial charge in [0.25, 0.3) is 0 Å².